The van der Waals surface area contributed by atoms with E-state index in [1.807, 2.05) is 0 Å². The lowest BCUT2D eigenvalue weighted by Crippen LogP contribution is -2.22. The molecule has 0 saturated carbocycles. The van der Waals surface area contributed by atoms with Crippen molar-refractivity contribution in [1.29, 1.82) is 0 Å². The Morgan fingerprint density at radius 1 is 1.38 bits per heavy atom. The van der Waals surface area contributed by atoms with Crippen molar-refractivity contribution < 1.29 is 14.6 Å². The van der Waals surface area contributed by atoms with Gasteiger partial charge in [0, 0.05) is 0 Å². The van der Waals surface area contributed by atoms with Crippen LogP contribution in [0.3, 0.4) is 0 Å². The van der Waals surface area contributed by atoms with Crippen LogP contribution in [-0.4, -0.2) is 23.4 Å². The Kier molecular flexibility index (Phi) is 3.76. The summed E-state index contributed by atoms with van der Waals surface area (Å²) >= 11 is 0. The van der Waals surface area contributed by atoms with Crippen molar-refractivity contribution in [3.63, 3.8) is 0 Å². The highest BCUT2D eigenvalue weighted by atomic mass is 16.6. The van der Waals surface area contributed by atoms with Gasteiger partial charge in [-0.3, -0.25) is 0 Å². The number of hydrogen-bond acceptors (Lipinski definition) is 3. The first-order valence-corrected chi connectivity index (χ1v) is 4.51. The van der Waals surface area contributed by atoms with Gasteiger partial charge in [-0.15, -0.1) is 0 Å². The molecule has 0 aromatic carbocycles. The third-order valence-electron chi connectivity index (χ3n) is 2.05. The Hall–Kier alpha value is -1.03. The van der Waals surface area contributed by atoms with Crippen LogP contribution < -0.4 is 5.73 Å². The van der Waals surface area contributed by atoms with Gasteiger partial charge >= 0.3 is 6.09 Å². The van der Waals surface area contributed by atoms with E-state index in [2.05, 4.69) is 0 Å². The zero-order valence-electron chi connectivity index (χ0n) is 7.48. The molecule has 0 aliphatic heterocycles. The second-order valence-electron chi connectivity index (χ2n) is 3.21. The molecule has 0 bridgehead atoms. The van der Waals surface area contributed by atoms with Crippen molar-refractivity contribution in [2.45, 2.75) is 37.9 Å². The third-order valence-corrected chi connectivity index (χ3v) is 2.05. The predicted molar refractivity (Wildman–Crippen MR) is 48.1 cm³/mol. The molecule has 3 N–H and O–H groups in total. The van der Waals surface area contributed by atoms with Crippen molar-refractivity contribution in [2.75, 3.05) is 0 Å². The van der Waals surface area contributed by atoms with Gasteiger partial charge in [0.15, 0.2) is 0 Å². The first-order chi connectivity index (χ1) is 6.18. The van der Waals surface area contributed by atoms with E-state index >= 15 is 0 Å². The average molecular weight is 185 g/mol. The molecule has 0 fully saturated rings. The Bertz CT molecular complexity index is 203. The number of carbonyl (C=O) groups is 1. The van der Waals surface area contributed by atoms with Crippen molar-refractivity contribution in [1.82, 2.24) is 0 Å². The number of rotatable bonds is 1. The molecular weight excluding hydrogens is 170 g/mol. The van der Waals surface area contributed by atoms with E-state index in [-0.39, 0.29) is 6.10 Å². The lowest BCUT2D eigenvalue weighted by atomic mass is 10.0. The highest BCUT2D eigenvalue weighted by molar-refractivity contribution is 5.65. The predicted octanol–water partition coefficient (Wildman–Crippen LogP) is 0.941. The van der Waals surface area contributed by atoms with Crippen molar-refractivity contribution >= 4 is 6.09 Å². The number of aliphatic hydroxyl groups excluding tert-OH is 1. The lowest BCUT2D eigenvalue weighted by molar-refractivity contribution is 0.118. The maximum absolute atomic E-state index is 10.5. The number of amides is 1. The van der Waals surface area contributed by atoms with Crippen LogP contribution in [-0.2, 0) is 4.74 Å². The minimum Gasteiger partial charge on any atom is -0.442 e. The molecule has 1 rings (SSSR count). The van der Waals surface area contributed by atoms with Crippen molar-refractivity contribution in [3.05, 3.63) is 12.2 Å². The topological polar surface area (TPSA) is 72.6 Å². The van der Waals surface area contributed by atoms with Crippen LogP contribution in [0.15, 0.2) is 12.2 Å². The van der Waals surface area contributed by atoms with Crippen LogP contribution in [0.5, 0.6) is 0 Å². The second kappa shape index (κ2) is 4.87. The zero-order chi connectivity index (χ0) is 9.68. The molecule has 0 spiro atoms. The SMILES string of the molecule is NC(=O)OC1/C=C/C(O)CCCC1. The van der Waals surface area contributed by atoms with E-state index < -0.39 is 12.2 Å². The van der Waals surface area contributed by atoms with Gasteiger partial charge < -0.3 is 15.6 Å². The molecule has 0 aromatic heterocycles. The lowest BCUT2D eigenvalue weighted by Gasteiger charge is -2.16. The highest BCUT2D eigenvalue weighted by Crippen LogP contribution is 2.14. The quantitative estimate of drug-likeness (QED) is 0.597. The Labute approximate surface area is 77.4 Å². The Morgan fingerprint density at radius 3 is 2.77 bits per heavy atom. The van der Waals surface area contributed by atoms with Crippen molar-refractivity contribution in [2.24, 2.45) is 5.73 Å². The summed E-state index contributed by atoms with van der Waals surface area (Å²) in [6, 6.07) is 0. The molecule has 1 aliphatic rings. The molecule has 0 aromatic rings. The van der Waals surface area contributed by atoms with Gasteiger partial charge in [0.2, 0.25) is 0 Å². The molecule has 13 heavy (non-hydrogen) atoms. The summed E-state index contributed by atoms with van der Waals surface area (Å²) in [5, 5.41) is 9.31. The standard InChI is InChI=1S/C9H15NO3/c10-9(12)13-8-4-2-1-3-7(11)5-6-8/h5-8,11H,1-4H2,(H2,10,12)/b6-5+. The summed E-state index contributed by atoms with van der Waals surface area (Å²) in [5.41, 5.74) is 4.89. The van der Waals surface area contributed by atoms with Crippen LogP contribution in [0.1, 0.15) is 25.7 Å². The molecular formula is C9H15NO3. The molecule has 2 unspecified atom stereocenters. The van der Waals surface area contributed by atoms with Crippen molar-refractivity contribution in [3.8, 4) is 0 Å². The van der Waals surface area contributed by atoms with Gasteiger partial charge in [-0.1, -0.05) is 12.5 Å². The van der Waals surface area contributed by atoms with Crippen LogP contribution in [0, 0.1) is 0 Å². The molecule has 1 aliphatic carbocycles. The molecule has 4 heteroatoms. The molecule has 2 atom stereocenters. The summed E-state index contributed by atoms with van der Waals surface area (Å²) in [6.07, 6.45) is 5.37. The summed E-state index contributed by atoms with van der Waals surface area (Å²) in [7, 11) is 0. The molecule has 0 heterocycles. The average Bonchev–Trinajstić information content (AvgIpc) is 2.03. The Balaban J connectivity index is 2.47. The van der Waals surface area contributed by atoms with E-state index in [0.29, 0.717) is 0 Å². The van der Waals surface area contributed by atoms with Crippen LogP contribution in [0.25, 0.3) is 0 Å². The summed E-state index contributed by atoms with van der Waals surface area (Å²) in [4.78, 5) is 10.5. The van der Waals surface area contributed by atoms with Gasteiger partial charge in [-0.2, -0.15) is 0 Å². The van der Waals surface area contributed by atoms with Gasteiger partial charge in [-0.25, -0.2) is 4.79 Å². The van der Waals surface area contributed by atoms with E-state index in [9.17, 15) is 9.90 Å². The first-order valence-electron chi connectivity index (χ1n) is 4.51. The first kappa shape index (κ1) is 10.1. The third kappa shape index (κ3) is 3.94. The van der Waals surface area contributed by atoms with Gasteiger partial charge in [0.05, 0.1) is 6.10 Å². The van der Waals surface area contributed by atoms with Gasteiger partial charge in [-0.05, 0) is 25.3 Å². The molecule has 1 amide bonds. The number of ether oxygens (including phenoxy) is 1. The molecule has 0 radical (unpaired) electrons. The number of primary amides is 1. The van der Waals surface area contributed by atoms with Gasteiger partial charge in [0.1, 0.15) is 6.10 Å². The van der Waals surface area contributed by atoms with E-state index in [1.54, 1.807) is 12.2 Å². The van der Waals surface area contributed by atoms with Crippen LogP contribution >= 0.6 is 0 Å². The largest absolute Gasteiger partial charge is 0.442 e. The maximum Gasteiger partial charge on any atom is 0.405 e. The number of nitrogens with two attached hydrogens (primary N) is 1. The zero-order valence-corrected chi connectivity index (χ0v) is 7.48. The van der Waals surface area contributed by atoms with Crippen LogP contribution in [0.4, 0.5) is 4.79 Å². The highest BCUT2D eigenvalue weighted by Gasteiger charge is 2.12. The second-order valence-corrected chi connectivity index (χ2v) is 3.21. The maximum atomic E-state index is 10.5. The number of aliphatic hydroxyl groups is 1. The van der Waals surface area contributed by atoms with Gasteiger partial charge in [0.25, 0.3) is 0 Å². The molecule has 0 saturated heterocycles. The van der Waals surface area contributed by atoms with E-state index in [1.165, 1.54) is 0 Å². The molecule has 74 valence electrons. The smallest absolute Gasteiger partial charge is 0.405 e. The fourth-order valence-electron chi connectivity index (χ4n) is 1.39. The van der Waals surface area contributed by atoms with E-state index in [0.717, 1.165) is 25.7 Å². The monoisotopic (exact) mass is 185 g/mol. The minimum atomic E-state index is -0.760. The number of carbonyl (C=O) groups excluding carboxylic acids is 1. The molecule has 4 nitrogen and oxygen atoms in total. The number of hydrogen-bond donors (Lipinski definition) is 2. The normalized spacial score (nSPS) is 31.5. The van der Waals surface area contributed by atoms with E-state index in [4.69, 9.17) is 10.5 Å². The summed E-state index contributed by atoms with van der Waals surface area (Å²) in [5.74, 6) is 0. The summed E-state index contributed by atoms with van der Waals surface area (Å²) in [6.45, 7) is 0. The Morgan fingerprint density at radius 2 is 2.08 bits per heavy atom. The fraction of sp³-hybridized carbons (Fsp3) is 0.667. The fourth-order valence-corrected chi connectivity index (χ4v) is 1.39. The minimum absolute atomic E-state index is 0.271. The summed E-state index contributed by atoms with van der Waals surface area (Å²) < 4.78 is 4.82. The van der Waals surface area contributed by atoms with Crippen LogP contribution in [0.2, 0.25) is 0 Å².